The summed E-state index contributed by atoms with van der Waals surface area (Å²) in [6, 6.07) is 9.48. The fraction of sp³-hybridized carbons (Fsp3) is 0.312. The van der Waals surface area contributed by atoms with E-state index in [2.05, 4.69) is 26.2 Å². The molecule has 0 unspecified atom stereocenters. The molecular weight excluding hydrogens is 348 g/mol. The molecule has 2 aromatic rings. The lowest BCUT2D eigenvalue weighted by Crippen LogP contribution is -2.21. The standard InChI is InChI=1S/C16H19BrN2O3/c1-20-14-10-13(17)9-12(16(14)21-2)11-18-7-8-22-15-5-3-4-6-19-15/h3-6,9-10,18H,7-8,11H2,1-2H3. The molecule has 0 atom stereocenters. The maximum absolute atomic E-state index is 5.53. The second kappa shape index (κ2) is 8.60. The predicted molar refractivity (Wildman–Crippen MR) is 88.7 cm³/mol. The summed E-state index contributed by atoms with van der Waals surface area (Å²) < 4.78 is 17.2. The van der Waals surface area contributed by atoms with Crippen LogP contribution in [0.5, 0.6) is 17.4 Å². The molecule has 0 amide bonds. The van der Waals surface area contributed by atoms with Crippen molar-refractivity contribution >= 4 is 15.9 Å². The Balaban J connectivity index is 1.85. The second-order valence-electron chi connectivity index (χ2n) is 4.49. The minimum Gasteiger partial charge on any atom is -0.493 e. The van der Waals surface area contributed by atoms with Crippen LogP contribution in [0.25, 0.3) is 0 Å². The molecule has 2 rings (SSSR count). The lowest BCUT2D eigenvalue weighted by atomic mass is 10.2. The lowest BCUT2D eigenvalue weighted by Gasteiger charge is -2.14. The van der Waals surface area contributed by atoms with Gasteiger partial charge in [0.15, 0.2) is 11.5 Å². The first-order valence-corrected chi connectivity index (χ1v) is 7.69. The van der Waals surface area contributed by atoms with Crippen molar-refractivity contribution in [2.45, 2.75) is 6.54 Å². The minimum atomic E-state index is 0.546. The third kappa shape index (κ3) is 4.61. The Morgan fingerprint density at radius 2 is 2.05 bits per heavy atom. The monoisotopic (exact) mass is 366 g/mol. The van der Waals surface area contributed by atoms with Gasteiger partial charge >= 0.3 is 0 Å². The van der Waals surface area contributed by atoms with E-state index in [1.54, 1.807) is 20.4 Å². The molecule has 1 heterocycles. The number of benzene rings is 1. The SMILES string of the molecule is COc1cc(Br)cc(CNCCOc2ccccn2)c1OC. The maximum Gasteiger partial charge on any atom is 0.213 e. The molecule has 1 aromatic carbocycles. The first-order valence-electron chi connectivity index (χ1n) is 6.89. The number of nitrogens with zero attached hydrogens (tertiary/aromatic N) is 1. The molecule has 1 aromatic heterocycles. The van der Waals surface area contributed by atoms with Crippen molar-refractivity contribution in [2.24, 2.45) is 0 Å². The Labute approximate surface area is 138 Å². The molecule has 0 spiro atoms. The van der Waals surface area contributed by atoms with E-state index in [9.17, 15) is 0 Å². The van der Waals surface area contributed by atoms with Crippen molar-refractivity contribution in [3.8, 4) is 17.4 Å². The first-order chi connectivity index (χ1) is 10.7. The van der Waals surface area contributed by atoms with Crippen LogP contribution in [0, 0.1) is 0 Å². The van der Waals surface area contributed by atoms with Crippen LogP contribution in [-0.2, 0) is 6.54 Å². The Bertz CT molecular complexity index is 593. The van der Waals surface area contributed by atoms with Crippen LogP contribution in [0.4, 0.5) is 0 Å². The van der Waals surface area contributed by atoms with Crippen LogP contribution in [0.2, 0.25) is 0 Å². The van der Waals surface area contributed by atoms with E-state index in [0.29, 0.717) is 31.3 Å². The first kappa shape index (κ1) is 16.6. The van der Waals surface area contributed by atoms with Gasteiger partial charge in [-0.2, -0.15) is 0 Å². The Hall–Kier alpha value is -1.79. The smallest absolute Gasteiger partial charge is 0.213 e. The highest BCUT2D eigenvalue weighted by Crippen LogP contribution is 2.34. The van der Waals surface area contributed by atoms with Crippen LogP contribution in [0.1, 0.15) is 5.56 Å². The van der Waals surface area contributed by atoms with Gasteiger partial charge in [-0.25, -0.2) is 4.98 Å². The van der Waals surface area contributed by atoms with E-state index in [1.807, 2.05) is 30.3 Å². The second-order valence-corrected chi connectivity index (χ2v) is 5.41. The summed E-state index contributed by atoms with van der Waals surface area (Å²) >= 11 is 3.47. The zero-order valence-corrected chi connectivity index (χ0v) is 14.2. The van der Waals surface area contributed by atoms with Crippen molar-refractivity contribution in [3.63, 3.8) is 0 Å². The van der Waals surface area contributed by atoms with Gasteiger partial charge in [-0.05, 0) is 18.2 Å². The summed E-state index contributed by atoms with van der Waals surface area (Å²) in [6.07, 6.45) is 1.71. The average molecular weight is 367 g/mol. The van der Waals surface area contributed by atoms with Gasteiger partial charge in [0.25, 0.3) is 0 Å². The van der Waals surface area contributed by atoms with Crippen LogP contribution in [0.3, 0.4) is 0 Å². The Morgan fingerprint density at radius 3 is 2.73 bits per heavy atom. The number of pyridine rings is 1. The number of rotatable bonds is 8. The third-order valence-corrected chi connectivity index (χ3v) is 3.46. The largest absolute Gasteiger partial charge is 0.493 e. The van der Waals surface area contributed by atoms with Crippen molar-refractivity contribution in [3.05, 3.63) is 46.6 Å². The third-order valence-electron chi connectivity index (χ3n) is 3.00. The van der Waals surface area contributed by atoms with Crippen LogP contribution >= 0.6 is 15.9 Å². The minimum absolute atomic E-state index is 0.546. The molecule has 0 saturated heterocycles. The number of aromatic nitrogens is 1. The van der Waals surface area contributed by atoms with Crippen LogP contribution < -0.4 is 19.5 Å². The average Bonchev–Trinajstić information content (AvgIpc) is 2.55. The number of halogens is 1. The Morgan fingerprint density at radius 1 is 1.18 bits per heavy atom. The summed E-state index contributed by atoms with van der Waals surface area (Å²) in [6.45, 7) is 1.91. The van der Waals surface area contributed by atoms with E-state index in [0.717, 1.165) is 15.8 Å². The molecular formula is C16H19BrN2O3. The Kier molecular flexibility index (Phi) is 6.48. The highest BCUT2D eigenvalue weighted by atomic mass is 79.9. The summed E-state index contributed by atoms with van der Waals surface area (Å²) in [7, 11) is 3.27. The summed E-state index contributed by atoms with van der Waals surface area (Å²) in [4.78, 5) is 4.10. The van der Waals surface area contributed by atoms with E-state index in [1.165, 1.54) is 0 Å². The van der Waals surface area contributed by atoms with Crippen molar-refractivity contribution in [1.29, 1.82) is 0 Å². The number of hydrogen-bond donors (Lipinski definition) is 1. The lowest BCUT2D eigenvalue weighted by molar-refractivity contribution is 0.301. The molecule has 118 valence electrons. The van der Waals surface area contributed by atoms with Crippen molar-refractivity contribution in [1.82, 2.24) is 10.3 Å². The molecule has 6 heteroatoms. The number of hydrogen-bond acceptors (Lipinski definition) is 5. The molecule has 5 nitrogen and oxygen atoms in total. The van der Waals surface area contributed by atoms with Crippen LogP contribution in [0.15, 0.2) is 41.0 Å². The van der Waals surface area contributed by atoms with Gasteiger partial charge < -0.3 is 19.5 Å². The van der Waals surface area contributed by atoms with Gasteiger partial charge in [0.05, 0.1) is 14.2 Å². The van der Waals surface area contributed by atoms with E-state index in [4.69, 9.17) is 14.2 Å². The summed E-state index contributed by atoms with van der Waals surface area (Å²) in [5.41, 5.74) is 1.02. The van der Waals surface area contributed by atoms with Crippen molar-refractivity contribution < 1.29 is 14.2 Å². The summed E-state index contributed by atoms with van der Waals surface area (Å²) in [5.74, 6) is 2.08. The molecule has 0 radical (unpaired) electrons. The van der Waals surface area contributed by atoms with Gasteiger partial charge in [-0.15, -0.1) is 0 Å². The van der Waals surface area contributed by atoms with Crippen molar-refractivity contribution in [2.75, 3.05) is 27.4 Å². The zero-order valence-electron chi connectivity index (χ0n) is 12.6. The highest BCUT2D eigenvalue weighted by Gasteiger charge is 2.11. The quantitative estimate of drug-likeness (QED) is 0.727. The number of ether oxygens (including phenoxy) is 3. The van der Waals surface area contributed by atoms with Gasteiger partial charge in [0, 0.05) is 35.4 Å². The van der Waals surface area contributed by atoms with E-state index >= 15 is 0 Å². The molecule has 0 aliphatic heterocycles. The highest BCUT2D eigenvalue weighted by molar-refractivity contribution is 9.10. The number of methoxy groups -OCH3 is 2. The van der Waals surface area contributed by atoms with Crippen LogP contribution in [-0.4, -0.2) is 32.4 Å². The fourth-order valence-corrected chi connectivity index (χ4v) is 2.50. The molecule has 0 fully saturated rings. The van der Waals surface area contributed by atoms with E-state index < -0.39 is 0 Å². The molecule has 0 saturated carbocycles. The van der Waals surface area contributed by atoms with Gasteiger partial charge in [-0.3, -0.25) is 0 Å². The van der Waals surface area contributed by atoms with Gasteiger partial charge in [0.1, 0.15) is 6.61 Å². The molecule has 0 aliphatic rings. The zero-order chi connectivity index (χ0) is 15.8. The summed E-state index contributed by atoms with van der Waals surface area (Å²) in [5, 5.41) is 3.32. The number of nitrogens with one attached hydrogen (secondary N) is 1. The van der Waals surface area contributed by atoms with E-state index in [-0.39, 0.29) is 0 Å². The maximum atomic E-state index is 5.53. The predicted octanol–water partition coefficient (Wildman–Crippen LogP) is 3.03. The normalized spacial score (nSPS) is 10.3. The van der Waals surface area contributed by atoms with Gasteiger partial charge in [-0.1, -0.05) is 22.0 Å². The molecule has 22 heavy (non-hydrogen) atoms. The molecule has 0 bridgehead atoms. The topological polar surface area (TPSA) is 52.6 Å². The molecule has 1 N–H and O–H groups in total. The molecule has 0 aliphatic carbocycles. The fourth-order valence-electron chi connectivity index (χ4n) is 2.02. The van der Waals surface area contributed by atoms with Gasteiger partial charge in [0.2, 0.25) is 5.88 Å².